The van der Waals surface area contributed by atoms with Gasteiger partial charge in [-0.25, -0.2) is 4.98 Å². The second kappa shape index (κ2) is 8.79. The first-order valence-corrected chi connectivity index (χ1v) is 13.7. The average molecular weight is 504 g/mol. The van der Waals surface area contributed by atoms with Crippen molar-refractivity contribution < 1.29 is 4.79 Å². The Morgan fingerprint density at radius 3 is 2.86 bits per heavy atom. The third kappa shape index (κ3) is 3.58. The summed E-state index contributed by atoms with van der Waals surface area (Å²) in [5.41, 5.74) is 1.42. The molecule has 0 saturated carbocycles. The Labute approximate surface area is 212 Å². The molecule has 7 rings (SSSR count). The molecular formula is C26H29N7O2S. The zero-order chi connectivity index (χ0) is 24.2. The lowest BCUT2D eigenvalue weighted by Gasteiger charge is -2.37. The molecule has 3 aromatic heterocycles. The molecule has 186 valence electrons. The van der Waals surface area contributed by atoms with Crippen LogP contribution in [0.5, 0.6) is 0 Å². The normalized spacial score (nSPS) is 21.4. The SMILES string of the molecule is O=C(NC1CCNCC1)c1c(=O)c2cnc(N3CCN4CCCC4C3)nc2n2c1sc1ccccc12. The molecule has 0 radical (unpaired) electrons. The van der Waals surface area contributed by atoms with Crippen LogP contribution in [0.25, 0.3) is 26.1 Å². The van der Waals surface area contributed by atoms with Gasteiger partial charge in [-0.3, -0.25) is 18.9 Å². The van der Waals surface area contributed by atoms with Crippen molar-refractivity contribution in [2.75, 3.05) is 44.2 Å². The molecule has 1 amide bonds. The first-order chi connectivity index (χ1) is 17.7. The number of fused-ring (bicyclic) bond motifs is 6. The van der Waals surface area contributed by atoms with Gasteiger partial charge in [0.15, 0.2) is 5.65 Å². The number of rotatable bonds is 3. The van der Waals surface area contributed by atoms with Crippen LogP contribution in [0.1, 0.15) is 36.0 Å². The van der Waals surface area contributed by atoms with Crippen LogP contribution in [0.15, 0.2) is 35.3 Å². The highest BCUT2D eigenvalue weighted by atomic mass is 32.1. The fourth-order valence-corrected chi connectivity index (χ4v) is 7.22. The van der Waals surface area contributed by atoms with E-state index in [1.165, 1.54) is 30.7 Å². The number of carbonyl (C=O) groups is 1. The second-order valence-corrected chi connectivity index (χ2v) is 11.1. The van der Waals surface area contributed by atoms with E-state index in [1.807, 2.05) is 28.7 Å². The predicted octanol–water partition coefficient (Wildman–Crippen LogP) is 2.22. The first-order valence-electron chi connectivity index (χ1n) is 12.9. The van der Waals surface area contributed by atoms with Gasteiger partial charge >= 0.3 is 0 Å². The highest BCUT2D eigenvalue weighted by Crippen LogP contribution is 2.31. The molecule has 1 aromatic carbocycles. The maximum atomic E-state index is 13.8. The Bertz CT molecular complexity index is 1540. The third-order valence-electron chi connectivity index (χ3n) is 7.94. The van der Waals surface area contributed by atoms with Crippen molar-refractivity contribution in [2.24, 2.45) is 0 Å². The van der Waals surface area contributed by atoms with Gasteiger partial charge in [0.25, 0.3) is 5.91 Å². The van der Waals surface area contributed by atoms with Crippen molar-refractivity contribution in [2.45, 2.75) is 37.8 Å². The van der Waals surface area contributed by atoms with E-state index in [1.54, 1.807) is 6.20 Å². The largest absolute Gasteiger partial charge is 0.349 e. The third-order valence-corrected chi connectivity index (χ3v) is 9.09. The van der Waals surface area contributed by atoms with Crippen LogP contribution in [0.4, 0.5) is 5.95 Å². The van der Waals surface area contributed by atoms with Gasteiger partial charge in [0, 0.05) is 37.9 Å². The molecule has 0 bridgehead atoms. The van der Waals surface area contributed by atoms with Gasteiger partial charge in [-0.15, -0.1) is 11.3 Å². The molecule has 4 aromatic rings. The average Bonchev–Trinajstić information content (AvgIpc) is 3.53. The first kappa shape index (κ1) is 22.1. The molecule has 3 aliphatic rings. The molecular weight excluding hydrogens is 474 g/mol. The van der Waals surface area contributed by atoms with Crippen LogP contribution in [-0.4, -0.2) is 76.5 Å². The summed E-state index contributed by atoms with van der Waals surface area (Å²) in [7, 11) is 0. The van der Waals surface area contributed by atoms with Gasteiger partial charge < -0.3 is 15.5 Å². The number of thiazole rings is 1. The second-order valence-electron chi connectivity index (χ2n) is 10.1. The fraction of sp³-hybridized carbons (Fsp3) is 0.462. The molecule has 9 nitrogen and oxygen atoms in total. The van der Waals surface area contributed by atoms with E-state index < -0.39 is 0 Å². The van der Waals surface area contributed by atoms with Gasteiger partial charge in [0.2, 0.25) is 11.4 Å². The Balaban J connectivity index is 1.38. The highest BCUT2D eigenvalue weighted by molar-refractivity contribution is 7.24. The summed E-state index contributed by atoms with van der Waals surface area (Å²) in [6.45, 7) is 5.71. The van der Waals surface area contributed by atoms with Gasteiger partial charge in [-0.05, 0) is 57.5 Å². The molecule has 2 N–H and O–H groups in total. The molecule has 3 saturated heterocycles. The van der Waals surface area contributed by atoms with Crippen molar-refractivity contribution in [1.29, 1.82) is 0 Å². The topological polar surface area (TPSA) is 94.9 Å². The zero-order valence-corrected chi connectivity index (χ0v) is 20.9. The highest BCUT2D eigenvalue weighted by Gasteiger charge is 2.32. The number of benzene rings is 1. The van der Waals surface area contributed by atoms with E-state index in [-0.39, 0.29) is 22.9 Å². The van der Waals surface area contributed by atoms with Crippen LogP contribution >= 0.6 is 11.3 Å². The van der Waals surface area contributed by atoms with Crippen LogP contribution in [0.3, 0.4) is 0 Å². The van der Waals surface area contributed by atoms with Crippen molar-refractivity contribution in [3.8, 4) is 0 Å². The van der Waals surface area contributed by atoms with Crippen molar-refractivity contribution in [3.63, 3.8) is 0 Å². The number of hydrogen-bond donors (Lipinski definition) is 2. The van der Waals surface area contributed by atoms with Gasteiger partial charge in [0.1, 0.15) is 10.4 Å². The standard InChI is InChI=1S/C26H29N7O2S/c34-22-18-14-28-26(32-13-12-31-11-3-4-17(31)15-32)30-23(18)33-19-5-1-2-6-20(19)36-25(33)21(22)24(35)29-16-7-9-27-10-8-16/h1-2,5-6,14,16-17,27H,3-4,7-13,15H2,(H,29,35). The lowest BCUT2D eigenvalue weighted by Crippen LogP contribution is -2.50. The predicted molar refractivity (Wildman–Crippen MR) is 142 cm³/mol. The Morgan fingerprint density at radius 2 is 1.97 bits per heavy atom. The van der Waals surface area contributed by atoms with Gasteiger partial charge in [0.05, 0.1) is 15.6 Å². The summed E-state index contributed by atoms with van der Waals surface area (Å²) in [5.74, 6) is 0.351. The van der Waals surface area contributed by atoms with E-state index in [9.17, 15) is 9.59 Å². The quantitative estimate of drug-likeness (QED) is 0.443. The fourth-order valence-electron chi connectivity index (χ4n) is 6.04. The molecule has 1 unspecified atom stereocenters. The number of para-hydroxylation sites is 1. The molecule has 36 heavy (non-hydrogen) atoms. The van der Waals surface area contributed by atoms with Crippen LogP contribution in [-0.2, 0) is 0 Å². The zero-order valence-electron chi connectivity index (χ0n) is 20.1. The molecule has 3 fully saturated rings. The minimum Gasteiger partial charge on any atom is -0.349 e. The van der Waals surface area contributed by atoms with Gasteiger partial charge in [-0.1, -0.05) is 12.1 Å². The maximum Gasteiger partial charge on any atom is 0.258 e. The van der Waals surface area contributed by atoms with E-state index in [0.29, 0.717) is 27.9 Å². The number of piperidine rings is 1. The number of nitrogens with zero attached hydrogens (tertiary/aromatic N) is 5. The number of aromatic nitrogens is 3. The Morgan fingerprint density at radius 1 is 1.11 bits per heavy atom. The van der Waals surface area contributed by atoms with Crippen LogP contribution < -0.4 is 21.0 Å². The van der Waals surface area contributed by atoms with Crippen molar-refractivity contribution in [1.82, 2.24) is 29.9 Å². The van der Waals surface area contributed by atoms with Crippen LogP contribution in [0, 0.1) is 0 Å². The summed E-state index contributed by atoms with van der Waals surface area (Å²) in [4.78, 5) is 42.3. The molecule has 0 aliphatic carbocycles. The van der Waals surface area contributed by atoms with E-state index in [4.69, 9.17) is 4.98 Å². The van der Waals surface area contributed by atoms with Crippen molar-refractivity contribution in [3.05, 3.63) is 46.2 Å². The lowest BCUT2D eigenvalue weighted by atomic mass is 10.1. The molecule has 3 aliphatic heterocycles. The number of amides is 1. The molecule has 0 spiro atoms. The minimum absolute atomic E-state index is 0.0659. The van der Waals surface area contributed by atoms with Gasteiger partial charge in [-0.2, -0.15) is 4.98 Å². The Kier molecular flexibility index (Phi) is 5.41. The smallest absolute Gasteiger partial charge is 0.258 e. The number of pyridine rings is 1. The summed E-state index contributed by atoms with van der Waals surface area (Å²) in [5, 5.41) is 6.82. The summed E-state index contributed by atoms with van der Waals surface area (Å²) in [6.07, 6.45) is 5.80. The lowest BCUT2D eigenvalue weighted by molar-refractivity contribution is 0.0930. The van der Waals surface area contributed by atoms with Crippen molar-refractivity contribution >= 4 is 49.3 Å². The number of hydrogen-bond acceptors (Lipinski definition) is 8. The molecule has 10 heteroatoms. The monoisotopic (exact) mass is 503 g/mol. The minimum atomic E-state index is -0.306. The Hall–Kier alpha value is -3.08. The summed E-state index contributed by atoms with van der Waals surface area (Å²) < 4.78 is 3.01. The summed E-state index contributed by atoms with van der Waals surface area (Å²) in [6, 6.07) is 8.62. The van der Waals surface area contributed by atoms with Crippen LogP contribution in [0.2, 0.25) is 0 Å². The van der Waals surface area contributed by atoms with E-state index in [0.717, 1.165) is 55.8 Å². The van der Waals surface area contributed by atoms with E-state index in [2.05, 4.69) is 25.4 Å². The number of nitrogens with one attached hydrogen (secondary N) is 2. The molecule has 6 heterocycles. The number of anilines is 1. The molecule has 1 atom stereocenters. The summed E-state index contributed by atoms with van der Waals surface area (Å²) >= 11 is 1.47. The maximum absolute atomic E-state index is 13.8. The number of carbonyl (C=O) groups excluding carboxylic acids is 1. The van der Waals surface area contributed by atoms with E-state index >= 15 is 0 Å². The number of piperazine rings is 1.